The Morgan fingerprint density at radius 1 is 1.62 bits per heavy atom. The highest BCUT2D eigenvalue weighted by molar-refractivity contribution is 5.85. The van der Waals surface area contributed by atoms with Crippen molar-refractivity contribution < 1.29 is 0 Å². The second-order valence-electron chi connectivity index (χ2n) is 2.58. The minimum atomic E-state index is 0.544. The summed E-state index contributed by atoms with van der Waals surface area (Å²) in [4.78, 5) is 8.07. The monoisotopic (exact) mass is 173 g/mol. The fraction of sp³-hybridized carbons (Fsp3) is 0.125. The van der Waals surface area contributed by atoms with E-state index in [9.17, 15) is 0 Å². The van der Waals surface area contributed by atoms with E-state index in [0.29, 0.717) is 12.4 Å². The summed E-state index contributed by atoms with van der Waals surface area (Å²) >= 11 is 0. The highest BCUT2D eigenvalue weighted by Crippen LogP contribution is 2.07. The third kappa shape index (κ3) is 1.42. The number of allylic oxidation sites excluding steroid dienone is 1. The topological polar surface area (TPSA) is 66.0 Å². The van der Waals surface area contributed by atoms with Crippen LogP contribution >= 0.6 is 0 Å². The van der Waals surface area contributed by atoms with Crippen molar-refractivity contribution in [2.75, 3.05) is 0 Å². The molecule has 0 bridgehead atoms. The van der Waals surface area contributed by atoms with E-state index in [-0.39, 0.29) is 0 Å². The summed E-state index contributed by atoms with van der Waals surface area (Å²) in [7, 11) is 0. The second-order valence-corrected chi connectivity index (χ2v) is 2.58. The second kappa shape index (κ2) is 3.11. The Hall–Kier alpha value is -2.09. The molecule has 2 heterocycles. The van der Waals surface area contributed by atoms with E-state index in [1.807, 2.05) is 16.8 Å². The number of aromatic nitrogens is 2. The van der Waals surface area contributed by atoms with E-state index in [0.717, 1.165) is 5.69 Å². The number of nitrogens with zero attached hydrogens (tertiary/aromatic N) is 4. The van der Waals surface area contributed by atoms with Crippen molar-refractivity contribution in [2.24, 2.45) is 4.99 Å². The van der Waals surface area contributed by atoms with Gasteiger partial charge in [-0.05, 0) is 6.08 Å². The molecule has 5 heteroatoms. The summed E-state index contributed by atoms with van der Waals surface area (Å²) in [5.41, 5.74) is 1.62. The van der Waals surface area contributed by atoms with Gasteiger partial charge in [-0.15, -0.1) is 0 Å². The van der Waals surface area contributed by atoms with Crippen LogP contribution < -0.4 is 5.32 Å². The smallest absolute Gasteiger partial charge is 0.181 e. The number of rotatable bonds is 1. The first-order valence-electron chi connectivity index (χ1n) is 3.77. The van der Waals surface area contributed by atoms with Gasteiger partial charge in [-0.25, -0.2) is 4.98 Å². The minimum Gasteiger partial charge on any atom is -0.311 e. The van der Waals surface area contributed by atoms with Crippen molar-refractivity contribution in [1.29, 1.82) is 5.26 Å². The van der Waals surface area contributed by atoms with Gasteiger partial charge in [-0.2, -0.15) is 5.26 Å². The zero-order chi connectivity index (χ0) is 9.10. The molecule has 13 heavy (non-hydrogen) atoms. The van der Waals surface area contributed by atoms with Crippen LogP contribution in [-0.2, 0) is 6.67 Å². The maximum atomic E-state index is 8.42. The predicted molar refractivity (Wildman–Crippen MR) is 47.4 cm³/mol. The zero-order valence-corrected chi connectivity index (χ0v) is 6.81. The van der Waals surface area contributed by atoms with E-state index in [2.05, 4.69) is 15.3 Å². The third-order valence-electron chi connectivity index (χ3n) is 1.71. The Labute approximate surface area is 75.0 Å². The highest BCUT2D eigenvalue weighted by atomic mass is 15.1. The summed E-state index contributed by atoms with van der Waals surface area (Å²) in [5.74, 6) is 0. The maximum absolute atomic E-state index is 8.42. The number of nitrogens with one attached hydrogen (secondary N) is 1. The number of imidazole rings is 1. The van der Waals surface area contributed by atoms with Crippen LogP contribution in [0.4, 0.5) is 0 Å². The van der Waals surface area contributed by atoms with Crippen molar-refractivity contribution in [1.82, 2.24) is 14.9 Å². The molecule has 1 aliphatic heterocycles. The molecular formula is C8H7N5. The van der Waals surface area contributed by atoms with Crippen molar-refractivity contribution in [3.8, 4) is 6.19 Å². The van der Waals surface area contributed by atoms with Crippen molar-refractivity contribution >= 4 is 12.3 Å². The lowest BCUT2D eigenvalue weighted by Crippen LogP contribution is -2.05. The van der Waals surface area contributed by atoms with Crippen LogP contribution in [0, 0.1) is 11.5 Å². The van der Waals surface area contributed by atoms with Crippen LogP contribution in [0.3, 0.4) is 0 Å². The molecule has 0 aliphatic carbocycles. The zero-order valence-electron chi connectivity index (χ0n) is 6.81. The Kier molecular flexibility index (Phi) is 1.81. The number of hydrogen-bond donors (Lipinski definition) is 1. The molecule has 1 aliphatic rings. The standard InChI is InChI=1S/C8H7N5/c9-4-12-7-1-8-3-11-6-13(8)5-10-2-7/h1-3,6,12H,5H2. The molecule has 1 N–H and O–H groups in total. The Morgan fingerprint density at radius 3 is 3.38 bits per heavy atom. The Balaban J connectivity index is 2.38. The molecule has 0 radical (unpaired) electrons. The van der Waals surface area contributed by atoms with E-state index in [1.165, 1.54) is 0 Å². The average molecular weight is 173 g/mol. The van der Waals surface area contributed by atoms with Crippen molar-refractivity contribution in [3.63, 3.8) is 0 Å². The number of nitriles is 1. The quantitative estimate of drug-likeness (QED) is 0.491. The van der Waals surface area contributed by atoms with Gasteiger partial charge in [0.05, 0.1) is 23.9 Å². The van der Waals surface area contributed by atoms with Crippen LogP contribution in [-0.4, -0.2) is 15.8 Å². The molecule has 64 valence electrons. The van der Waals surface area contributed by atoms with Crippen LogP contribution in [0.15, 0.2) is 23.2 Å². The van der Waals surface area contributed by atoms with Gasteiger partial charge in [0.1, 0.15) is 6.67 Å². The van der Waals surface area contributed by atoms with Crippen molar-refractivity contribution in [3.05, 3.63) is 23.9 Å². The van der Waals surface area contributed by atoms with Gasteiger partial charge in [0.25, 0.3) is 0 Å². The summed E-state index contributed by atoms with van der Waals surface area (Å²) in [6.45, 7) is 0.544. The SMILES string of the molecule is N#CNC1=Cc2cncn2CN=C1. The van der Waals surface area contributed by atoms with Crippen LogP contribution in [0.1, 0.15) is 5.69 Å². The van der Waals surface area contributed by atoms with Crippen molar-refractivity contribution in [2.45, 2.75) is 6.67 Å². The van der Waals surface area contributed by atoms with E-state index in [4.69, 9.17) is 5.26 Å². The fourth-order valence-corrected chi connectivity index (χ4v) is 1.13. The van der Waals surface area contributed by atoms with Gasteiger partial charge in [0.15, 0.2) is 6.19 Å². The summed E-state index contributed by atoms with van der Waals surface area (Å²) < 4.78 is 1.89. The predicted octanol–water partition coefficient (Wildman–Crippen LogP) is 0.337. The Bertz CT molecular complexity index is 406. The number of hydrogen-bond acceptors (Lipinski definition) is 4. The van der Waals surface area contributed by atoms with Crippen LogP contribution in [0.25, 0.3) is 6.08 Å². The highest BCUT2D eigenvalue weighted by Gasteiger charge is 2.02. The van der Waals surface area contributed by atoms with E-state index < -0.39 is 0 Å². The fourth-order valence-electron chi connectivity index (χ4n) is 1.13. The molecule has 1 aromatic rings. The summed E-state index contributed by atoms with van der Waals surface area (Å²) in [6, 6.07) is 0. The lowest BCUT2D eigenvalue weighted by molar-refractivity contribution is 0.732. The average Bonchev–Trinajstić information content (AvgIpc) is 2.46. The first kappa shape index (κ1) is 7.55. The normalized spacial score (nSPS) is 13.9. The summed E-state index contributed by atoms with van der Waals surface area (Å²) in [6.07, 6.45) is 8.75. The van der Waals surface area contributed by atoms with Gasteiger partial charge in [0, 0.05) is 6.21 Å². The van der Waals surface area contributed by atoms with Gasteiger partial charge < -0.3 is 4.57 Å². The van der Waals surface area contributed by atoms with E-state index >= 15 is 0 Å². The van der Waals surface area contributed by atoms with Gasteiger partial charge >= 0.3 is 0 Å². The minimum absolute atomic E-state index is 0.544. The molecule has 0 atom stereocenters. The first-order chi connectivity index (χ1) is 6.40. The summed E-state index contributed by atoms with van der Waals surface area (Å²) in [5, 5.41) is 11.0. The molecule has 0 spiro atoms. The van der Waals surface area contributed by atoms with E-state index in [1.54, 1.807) is 18.7 Å². The molecule has 1 aromatic heterocycles. The van der Waals surface area contributed by atoms with Gasteiger partial charge in [-0.3, -0.25) is 10.3 Å². The molecule has 0 amide bonds. The lowest BCUT2D eigenvalue weighted by atomic mass is 10.3. The van der Waals surface area contributed by atoms with Gasteiger partial charge in [-0.1, -0.05) is 0 Å². The Morgan fingerprint density at radius 2 is 2.54 bits per heavy atom. The molecule has 0 unspecified atom stereocenters. The molecule has 2 rings (SSSR count). The first-order valence-corrected chi connectivity index (χ1v) is 3.77. The number of aliphatic imine (C=N–C) groups is 1. The largest absolute Gasteiger partial charge is 0.311 e. The maximum Gasteiger partial charge on any atom is 0.181 e. The number of fused-ring (bicyclic) bond motifs is 1. The molecule has 0 fully saturated rings. The van der Waals surface area contributed by atoms with Gasteiger partial charge in [0.2, 0.25) is 0 Å². The molecule has 0 saturated heterocycles. The molecule has 0 aromatic carbocycles. The molecular weight excluding hydrogens is 166 g/mol. The molecule has 5 nitrogen and oxygen atoms in total. The third-order valence-corrected chi connectivity index (χ3v) is 1.71. The lowest BCUT2D eigenvalue weighted by Gasteiger charge is -1.96. The van der Waals surface area contributed by atoms with Crippen LogP contribution in [0.2, 0.25) is 0 Å². The molecule has 0 saturated carbocycles. The van der Waals surface area contributed by atoms with Crippen LogP contribution in [0.5, 0.6) is 0 Å².